The second-order valence-electron chi connectivity index (χ2n) is 6.59. The Balaban J connectivity index is 1.50. The molecular weight excluding hydrogens is 364 g/mol. The molecule has 0 radical (unpaired) electrons. The molecule has 0 unspecified atom stereocenters. The maximum atomic E-state index is 12.8. The lowest BCUT2D eigenvalue weighted by Crippen LogP contribution is -2.27. The van der Waals surface area contributed by atoms with Crippen LogP contribution in [0.4, 0.5) is 11.9 Å². The molecule has 0 bridgehead atoms. The molecule has 0 spiro atoms. The first-order valence-electron chi connectivity index (χ1n) is 8.88. The van der Waals surface area contributed by atoms with E-state index in [0.717, 1.165) is 40.9 Å². The Kier molecular flexibility index (Phi) is 4.85. The van der Waals surface area contributed by atoms with E-state index in [-0.39, 0.29) is 42.1 Å². The summed E-state index contributed by atoms with van der Waals surface area (Å²) in [6, 6.07) is 8.04. The number of carbonyl (C=O) groups excluding carboxylic acids is 1. The van der Waals surface area contributed by atoms with Gasteiger partial charge in [0.2, 0.25) is 11.9 Å². The standard InChI is InChI=1S/C18H20N6O2S/c19-17-22-14(23-18(20)24-17)9-26-16(25)11-6-2-1-5-10(11)15-21-12-7-3-4-8-13(12)27-15/h3-4,7-8,10-11H,1-2,5-6,9H2,(H4,19,20,22,23,24)/t10-,11+/m1/s1. The Hall–Kier alpha value is -2.81. The molecule has 1 saturated carbocycles. The fourth-order valence-electron chi connectivity index (χ4n) is 3.52. The van der Waals surface area contributed by atoms with Crippen molar-refractivity contribution >= 4 is 39.4 Å². The van der Waals surface area contributed by atoms with Gasteiger partial charge in [0.25, 0.3) is 0 Å². The molecule has 0 saturated heterocycles. The van der Waals surface area contributed by atoms with Gasteiger partial charge in [0.15, 0.2) is 12.4 Å². The van der Waals surface area contributed by atoms with Crippen LogP contribution in [0.5, 0.6) is 0 Å². The number of esters is 1. The molecule has 2 atom stereocenters. The number of nitrogens with two attached hydrogens (primary N) is 2. The zero-order valence-corrected chi connectivity index (χ0v) is 15.5. The van der Waals surface area contributed by atoms with Gasteiger partial charge >= 0.3 is 5.97 Å². The van der Waals surface area contributed by atoms with E-state index in [1.165, 1.54) is 0 Å². The molecule has 4 N–H and O–H groups in total. The quantitative estimate of drug-likeness (QED) is 0.657. The van der Waals surface area contributed by atoms with Crippen molar-refractivity contribution in [2.45, 2.75) is 38.2 Å². The van der Waals surface area contributed by atoms with Gasteiger partial charge in [0.1, 0.15) is 0 Å². The Bertz CT molecular complexity index is 922. The third-order valence-electron chi connectivity index (χ3n) is 4.76. The molecule has 1 aliphatic carbocycles. The van der Waals surface area contributed by atoms with Gasteiger partial charge in [-0.15, -0.1) is 11.3 Å². The molecule has 1 aliphatic rings. The molecule has 2 aromatic heterocycles. The van der Waals surface area contributed by atoms with E-state index in [4.69, 9.17) is 21.2 Å². The van der Waals surface area contributed by atoms with Crippen LogP contribution in [-0.4, -0.2) is 25.9 Å². The molecule has 1 aromatic carbocycles. The Morgan fingerprint density at radius 1 is 1.07 bits per heavy atom. The van der Waals surface area contributed by atoms with Crippen molar-refractivity contribution in [2.75, 3.05) is 11.5 Å². The normalized spacial score (nSPS) is 19.9. The number of benzene rings is 1. The summed E-state index contributed by atoms with van der Waals surface area (Å²) in [5.41, 5.74) is 12.1. The topological polar surface area (TPSA) is 130 Å². The number of hydrogen-bond acceptors (Lipinski definition) is 9. The number of fused-ring (bicyclic) bond motifs is 1. The maximum absolute atomic E-state index is 12.8. The number of nitrogen functional groups attached to an aromatic ring is 2. The van der Waals surface area contributed by atoms with Gasteiger partial charge < -0.3 is 16.2 Å². The Labute approximate surface area is 160 Å². The molecule has 2 heterocycles. The van der Waals surface area contributed by atoms with E-state index in [9.17, 15) is 4.79 Å². The van der Waals surface area contributed by atoms with E-state index in [1.54, 1.807) is 11.3 Å². The lowest BCUT2D eigenvalue weighted by Gasteiger charge is -2.28. The van der Waals surface area contributed by atoms with Crippen molar-refractivity contribution in [3.63, 3.8) is 0 Å². The van der Waals surface area contributed by atoms with Crippen LogP contribution in [-0.2, 0) is 16.1 Å². The number of carbonyl (C=O) groups is 1. The minimum atomic E-state index is -0.253. The van der Waals surface area contributed by atoms with Crippen LogP contribution in [0.2, 0.25) is 0 Å². The minimum absolute atomic E-state index is 0.0126. The van der Waals surface area contributed by atoms with Crippen LogP contribution in [0.15, 0.2) is 24.3 Å². The van der Waals surface area contributed by atoms with Gasteiger partial charge in [-0.25, -0.2) is 4.98 Å². The van der Waals surface area contributed by atoms with Crippen molar-refractivity contribution in [2.24, 2.45) is 5.92 Å². The van der Waals surface area contributed by atoms with E-state index < -0.39 is 0 Å². The van der Waals surface area contributed by atoms with Crippen LogP contribution in [0.1, 0.15) is 42.4 Å². The minimum Gasteiger partial charge on any atom is -0.457 e. The summed E-state index contributed by atoms with van der Waals surface area (Å²) in [6.45, 7) is -0.0706. The van der Waals surface area contributed by atoms with E-state index in [0.29, 0.717) is 0 Å². The number of anilines is 2. The average Bonchev–Trinajstić information content (AvgIpc) is 3.09. The van der Waals surface area contributed by atoms with Crippen molar-refractivity contribution < 1.29 is 9.53 Å². The lowest BCUT2D eigenvalue weighted by molar-refractivity contribution is -0.152. The first-order valence-corrected chi connectivity index (χ1v) is 9.70. The summed E-state index contributed by atoms with van der Waals surface area (Å²) in [4.78, 5) is 29.1. The van der Waals surface area contributed by atoms with Crippen molar-refractivity contribution in [1.82, 2.24) is 19.9 Å². The number of thiazole rings is 1. The van der Waals surface area contributed by atoms with E-state index >= 15 is 0 Å². The number of aromatic nitrogens is 4. The monoisotopic (exact) mass is 384 g/mol. The summed E-state index contributed by atoms with van der Waals surface area (Å²) < 4.78 is 6.62. The summed E-state index contributed by atoms with van der Waals surface area (Å²) in [5, 5.41) is 1.01. The van der Waals surface area contributed by atoms with Crippen molar-refractivity contribution in [1.29, 1.82) is 0 Å². The predicted octanol–water partition coefficient (Wildman–Crippen LogP) is 2.66. The molecule has 140 valence electrons. The summed E-state index contributed by atoms with van der Waals surface area (Å²) in [5.74, 6) is -0.109. The van der Waals surface area contributed by atoms with Gasteiger partial charge in [-0.1, -0.05) is 25.0 Å². The van der Waals surface area contributed by atoms with Crippen molar-refractivity contribution in [3.8, 4) is 0 Å². The SMILES string of the molecule is Nc1nc(N)nc(COC(=O)[C@H]2CCCC[C@H]2c2nc3ccccc3s2)n1. The number of rotatable bonds is 4. The lowest BCUT2D eigenvalue weighted by atomic mass is 9.79. The molecule has 9 heteroatoms. The molecule has 0 amide bonds. The van der Waals surface area contributed by atoms with Gasteiger partial charge in [-0.2, -0.15) is 15.0 Å². The molecule has 4 rings (SSSR count). The average molecular weight is 384 g/mol. The van der Waals surface area contributed by atoms with Crippen LogP contribution in [0, 0.1) is 5.92 Å². The maximum Gasteiger partial charge on any atom is 0.310 e. The van der Waals surface area contributed by atoms with Crippen LogP contribution in [0.3, 0.4) is 0 Å². The third-order valence-corrected chi connectivity index (χ3v) is 5.92. The molecule has 8 nitrogen and oxygen atoms in total. The predicted molar refractivity (Wildman–Crippen MR) is 103 cm³/mol. The highest BCUT2D eigenvalue weighted by molar-refractivity contribution is 7.18. The zero-order chi connectivity index (χ0) is 18.8. The second-order valence-corrected chi connectivity index (χ2v) is 7.66. The highest BCUT2D eigenvalue weighted by atomic mass is 32.1. The van der Waals surface area contributed by atoms with Gasteiger partial charge in [0, 0.05) is 5.92 Å². The summed E-state index contributed by atoms with van der Waals surface area (Å²) in [6.07, 6.45) is 3.82. The number of ether oxygens (including phenoxy) is 1. The van der Waals surface area contributed by atoms with Crippen LogP contribution in [0.25, 0.3) is 10.2 Å². The summed E-state index contributed by atoms with van der Waals surface area (Å²) >= 11 is 1.66. The van der Waals surface area contributed by atoms with Crippen LogP contribution >= 0.6 is 11.3 Å². The Morgan fingerprint density at radius 3 is 2.59 bits per heavy atom. The zero-order valence-electron chi connectivity index (χ0n) is 14.7. The van der Waals surface area contributed by atoms with E-state index in [2.05, 4.69) is 21.0 Å². The first kappa shape index (κ1) is 17.6. The highest BCUT2D eigenvalue weighted by Crippen LogP contribution is 2.41. The van der Waals surface area contributed by atoms with E-state index in [1.807, 2.05) is 18.2 Å². The third kappa shape index (κ3) is 3.82. The number of para-hydroxylation sites is 1. The summed E-state index contributed by atoms with van der Waals surface area (Å²) in [7, 11) is 0. The van der Waals surface area contributed by atoms with Gasteiger partial charge in [-0.05, 0) is 25.0 Å². The first-order chi connectivity index (χ1) is 13.1. The fraction of sp³-hybridized carbons (Fsp3) is 0.389. The number of nitrogens with zero attached hydrogens (tertiary/aromatic N) is 4. The largest absolute Gasteiger partial charge is 0.457 e. The molecular formula is C18H20N6O2S. The molecule has 27 heavy (non-hydrogen) atoms. The van der Waals surface area contributed by atoms with Crippen molar-refractivity contribution in [3.05, 3.63) is 35.1 Å². The molecule has 0 aliphatic heterocycles. The number of hydrogen-bond donors (Lipinski definition) is 2. The second kappa shape index (κ2) is 7.43. The van der Waals surface area contributed by atoms with Crippen LogP contribution < -0.4 is 11.5 Å². The molecule has 3 aromatic rings. The highest BCUT2D eigenvalue weighted by Gasteiger charge is 2.35. The Morgan fingerprint density at radius 2 is 1.81 bits per heavy atom. The van der Waals surface area contributed by atoms with Gasteiger partial charge in [0.05, 0.1) is 21.1 Å². The fourth-order valence-corrected chi connectivity index (χ4v) is 4.69. The smallest absolute Gasteiger partial charge is 0.310 e. The molecule has 1 fully saturated rings. The van der Waals surface area contributed by atoms with Gasteiger partial charge in [-0.3, -0.25) is 4.79 Å².